The van der Waals surface area contributed by atoms with Gasteiger partial charge in [0.2, 0.25) is 0 Å². The zero-order chi connectivity index (χ0) is 19.3. The first-order valence-electron chi connectivity index (χ1n) is 10.8. The third kappa shape index (κ3) is 3.79. The van der Waals surface area contributed by atoms with E-state index < -0.39 is 0 Å². The largest absolute Gasteiger partial charge is 0.344 e. The molecule has 2 heterocycles. The molecule has 2 aromatic carbocycles. The van der Waals surface area contributed by atoms with Crippen LogP contribution in [0.2, 0.25) is 0 Å². The van der Waals surface area contributed by atoms with Gasteiger partial charge >= 0.3 is 0 Å². The number of nitrogens with zero attached hydrogens (tertiary/aromatic N) is 1. The highest BCUT2D eigenvalue weighted by Gasteiger charge is 2.22. The van der Waals surface area contributed by atoms with Crippen LogP contribution in [0.1, 0.15) is 61.9 Å². The summed E-state index contributed by atoms with van der Waals surface area (Å²) >= 11 is 0. The standard InChI is InChI=1S/C26H32N2/c1-3-4-5-7-14-21-19-24(20-12-8-6-9-13-20)27-18-17-23-22-15-10-11-16-25(22)28(2)26(21)23/h6,8-13,15-16,19,24,27H,3-5,7,14,17-18H2,1-2H3/b21-19-. The van der Waals surface area contributed by atoms with Gasteiger partial charge in [0, 0.05) is 30.2 Å². The number of rotatable bonds is 6. The van der Waals surface area contributed by atoms with Gasteiger partial charge in [0.1, 0.15) is 0 Å². The summed E-state index contributed by atoms with van der Waals surface area (Å²) in [5.74, 6) is 0. The molecule has 0 bridgehead atoms. The lowest BCUT2D eigenvalue weighted by atomic mass is 9.93. The lowest BCUT2D eigenvalue weighted by Crippen LogP contribution is -2.24. The van der Waals surface area contributed by atoms with E-state index in [0.717, 1.165) is 19.4 Å². The van der Waals surface area contributed by atoms with Crippen LogP contribution < -0.4 is 5.32 Å². The fourth-order valence-corrected chi connectivity index (χ4v) is 4.64. The molecule has 146 valence electrons. The maximum Gasteiger partial charge on any atom is 0.0512 e. The lowest BCUT2D eigenvalue weighted by Gasteiger charge is -2.23. The highest BCUT2D eigenvalue weighted by Crippen LogP contribution is 2.36. The number of fused-ring (bicyclic) bond motifs is 3. The first kappa shape index (κ1) is 19.0. The highest BCUT2D eigenvalue weighted by molar-refractivity contribution is 5.90. The van der Waals surface area contributed by atoms with Crippen molar-refractivity contribution < 1.29 is 0 Å². The minimum Gasteiger partial charge on any atom is -0.344 e. The second-order valence-corrected chi connectivity index (χ2v) is 8.00. The van der Waals surface area contributed by atoms with Gasteiger partial charge in [-0.25, -0.2) is 0 Å². The minimum absolute atomic E-state index is 0.286. The Morgan fingerprint density at radius 2 is 1.75 bits per heavy atom. The molecule has 28 heavy (non-hydrogen) atoms. The average Bonchev–Trinajstić information content (AvgIpc) is 2.99. The van der Waals surface area contributed by atoms with Crippen molar-refractivity contribution in [2.75, 3.05) is 6.54 Å². The van der Waals surface area contributed by atoms with Gasteiger partial charge in [0.25, 0.3) is 0 Å². The van der Waals surface area contributed by atoms with Crippen LogP contribution in [0.15, 0.2) is 60.7 Å². The lowest BCUT2D eigenvalue weighted by molar-refractivity contribution is 0.612. The van der Waals surface area contributed by atoms with Crippen molar-refractivity contribution >= 4 is 16.5 Å². The van der Waals surface area contributed by atoms with E-state index in [1.165, 1.54) is 59.0 Å². The van der Waals surface area contributed by atoms with Gasteiger partial charge in [0.15, 0.2) is 0 Å². The summed E-state index contributed by atoms with van der Waals surface area (Å²) in [6.45, 7) is 3.28. The number of unbranched alkanes of at least 4 members (excludes halogenated alkanes) is 3. The molecule has 0 saturated heterocycles. The molecule has 4 rings (SSSR count). The average molecular weight is 373 g/mol. The first-order chi connectivity index (χ1) is 13.8. The van der Waals surface area contributed by atoms with E-state index in [1.807, 2.05) is 0 Å². The number of nitrogens with one attached hydrogen (secondary N) is 1. The molecule has 3 aromatic rings. The fraction of sp³-hybridized carbons (Fsp3) is 0.385. The van der Waals surface area contributed by atoms with Crippen LogP contribution in [0.5, 0.6) is 0 Å². The van der Waals surface area contributed by atoms with Gasteiger partial charge in [0.05, 0.1) is 6.04 Å². The molecule has 2 nitrogen and oxygen atoms in total. The maximum absolute atomic E-state index is 3.80. The van der Waals surface area contributed by atoms with E-state index >= 15 is 0 Å². The summed E-state index contributed by atoms with van der Waals surface area (Å²) in [6, 6.07) is 20.0. The zero-order valence-electron chi connectivity index (χ0n) is 17.2. The molecule has 0 amide bonds. The second kappa shape index (κ2) is 8.79. The predicted molar refractivity (Wildman–Crippen MR) is 121 cm³/mol. The van der Waals surface area contributed by atoms with Gasteiger partial charge in [-0.05, 0) is 42.0 Å². The summed E-state index contributed by atoms with van der Waals surface area (Å²) in [7, 11) is 2.24. The van der Waals surface area contributed by atoms with E-state index in [1.54, 1.807) is 0 Å². The Morgan fingerprint density at radius 1 is 0.964 bits per heavy atom. The molecule has 0 aliphatic carbocycles. The molecule has 0 fully saturated rings. The Bertz CT molecular complexity index is 949. The maximum atomic E-state index is 3.80. The van der Waals surface area contributed by atoms with Crippen LogP contribution in [0, 0.1) is 0 Å². The summed E-state index contributed by atoms with van der Waals surface area (Å²) < 4.78 is 2.43. The molecule has 1 aliphatic heterocycles. The number of para-hydroxylation sites is 1. The molecule has 0 saturated carbocycles. The summed E-state index contributed by atoms with van der Waals surface area (Å²) in [4.78, 5) is 0. The van der Waals surface area contributed by atoms with Crippen molar-refractivity contribution in [3.8, 4) is 0 Å². The summed E-state index contributed by atoms with van der Waals surface area (Å²) in [5.41, 5.74) is 7.19. The SMILES string of the molecule is CCCCCC/C1=C/C(c2ccccc2)NCCc2c1n(C)c1ccccc21. The molecule has 0 radical (unpaired) electrons. The molecule has 0 spiro atoms. The van der Waals surface area contributed by atoms with Crippen LogP contribution in [-0.4, -0.2) is 11.1 Å². The number of hydrogen-bond donors (Lipinski definition) is 1. The van der Waals surface area contributed by atoms with Crippen molar-refractivity contribution in [3.05, 3.63) is 77.5 Å². The topological polar surface area (TPSA) is 17.0 Å². The van der Waals surface area contributed by atoms with E-state index in [-0.39, 0.29) is 6.04 Å². The van der Waals surface area contributed by atoms with Crippen molar-refractivity contribution in [1.82, 2.24) is 9.88 Å². The molecule has 1 aromatic heterocycles. The second-order valence-electron chi connectivity index (χ2n) is 8.00. The normalized spacial score (nSPS) is 18.9. The third-order valence-electron chi connectivity index (χ3n) is 6.08. The monoisotopic (exact) mass is 372 g/mol. The Kier molecular flexibility index (Phi) is 5.97. The van der Waals surface area contributed by atoms with Gasteiger partial charge < -0.3 is 9.88 Å². The molecular formula is C26H32N2. The van der Waals surface area contributed by atoms with Gasteiger partial charge in [-0.3, -0.25) is 0 Å². The van der Waals surface area contributed by atoms with Crippen LogP contribution >= 0.6 is 0 Å². The quantitative estimate of drug-likeness (QED) is 0.494. The molecule has 2 heteroatoms. The number of aryl methyl sites for hydroxylation is 1. The van der Waals surface area contributed by atoms with E-state index in [4.69, 9.17) is 0 Å². The molecule has 1 atom stereocenters. The van der Waals surface area contributed by atoms with Crippen molar-refractivity contribution in [3.63, 3.8) is 0 Å². The smallest absolute Gasteiger partial charge is 0.0512 e. The molecule has 1 N–H and O–H groups in total. The number of hydrogen-bond acceptors (Lipinski definition) is 1. The van der Waals surface area contributed by atoms with Crippen LogP contribution in [0.4, 0.5) is 0 Å². The fourth-order valence-electron chi connectivity index (χ4n) is 4.64. The summed E-state index contributed by atoms with van der Waals surface area (Å²) in [5, 5.41) is 5.21. The van der Waals surface area contributed by atoms with Crippen LogP contribution in [-0.2, 0) is 13.5 Å². The Hall–Kier alpha value is -2.32. The van der Waals surface area contributed by atoms with Crippen molar-refractivity contribution in [1.29, 1.82) is 0 Å². The zero-order valence-corrected chi connectivity index (χ0v) is 17.2. The van der Waals surface area contributed by atoms with Gasteiger partial charge in [-0.1, -0.05) is 80.8 Å². The van der Waals surface area contributed by atoms with E-state index in [9.17, 15) is 0 Å². The van der Waals surface area contributed by atoms with Crippen LogP contribution in [0.25, 0.3) is 16.5 Å². The highest BCUT2D eigenvalue weighted by atomic mass is 15.0. The number of allylic oxidation sites excluding steroid dienone is 1. The number of aromatic nitrogens is 1. The molecule has 1 aliphatic rings. The van der Waals surface area contributed by atoms with Crippen molar-refractivity contribution in [2.24, 2.45) is 7.05 Å². The van der Waals surface area contributed by atoms with Gasteiger partial charge in [-0.2, -0.15) is 0 Å². The van der Waals surface area contributed by atoms with Crippen LogP contribution in [0.3, 0.4) is 0 Å². The molecular weight excluding hydrogens is 340 g/mol. The Balaban J connectivity index is 1.79. The predicted octanol–water partition coefficient (Wildman–Crippen LogP) is 6.42. The van der Waals surface area contributed by atoms with E-state index in [0.29, 0.717) is 0 Å². The Morgan fingerprint density at radius 3 is 2.57 bits per heavy atom. The van der Waals surface area contributed by atoms with Gasteiger partial charge in [-0.15, -0.1) is 0 Å². The third-order valence-corrected chi connectivity index (χ3v) is 6.08. The number of benzene rings is 2. The minimum atomic E-state index is 0.286. The van der Waals surface area contributed by atoms with E-state index in [2.05, 4.69) is 84.5 Å². The summed E-state index contributed by atoms with van der Waals surface area (Å²) in [6.07, 6.45) is 9.92. The molecule has 1 unspecified atom stereocenters. The van der Waals surface area contributed by atoms with Crippen molar-refractivity contribution in [2.45, 2.75) is 51.5 Å². The Labute approximate surface area is 169 Å². The first-order valence-corrected chi connectivity index (χ1v) is 10.8.